The molecule has 0 heterocycles. The fraction of sp³-hybridized carbons (Fsp3) is 0.263. The number of hydrogen-bond acceptors (Lipinski definition) is 4. The molecule has 0 radical (unpaired) electrons. The van der Waals surface area contributed by atoms with Crippen LogP contribution < -0.4 is 20.1 Å². The summed E-state index contributed by atoms with van der Waals surface area (Å²) in [5.41, 5.74) is 1.13. The maximum Gasteiger partial charge on any atom is 0.387 e. The first-order valence-corrected chi connectivity index (χ1v) is 8.69. The van der Waals surface area contributed by atoms with Gasteiger partial charge >= 0.3 is 6.61 Å². The van der Waals surface area contributed by atoms with Crippen molar-refractivity contribution in [3.05, 3.63) is 58.6 Å². The topological polar surface area (TPSA) is 76.7 Å². The molecule has 6 nitrogen and oxygen atoms in total. The highest BCUT2D eigenvalue weighted by atomic mass is 35.5. The van der Waals surface area contributed by atoms with Crippen LogP contribution in [0.2, 0.25) is 5.02 Å². The molecule has 0 fully saturated rings. The van der Waals surface area contributed by atoms with E-state index in [-0.39, 0.29) is 29.5 Å². The molecule has 150 valence electrons. The molecule has 0 unspecified atom stereocenters. The number of benzene rings is 2. The van der Waals surface area contributed by atoms with Gasteiger partial charge in [-0.2, -0.15) is 8.78 Å². The largest absolute Gasteiger partial charge is 0.493 e. The van der Waals surface area contributed by atoms with Crippen LogP contribution in [0.4, 0.5) is 8.78 Å². The van der Waals surface area contributed by atoms with E-state index >= 15 is 0 Å². The number of alkyl halides is 2. The van der Waals surface area contributed by atoms with Crippen LogP contribution >= 0.6 is 11.6 Å². The fourth-order valence-electron chi connectivity index (χ4n) is 2.37. The van der Waals surface area contributed by atoms with Gasteiger partial charge in [-0.15, -0.1) is 0 Å². The third kappa shape index (κ3) is 6.70. The number of ether oxygens (including phenoxy) is 2. The van der Waals surface area contributed by atoms with Crippen molar-refractivity contribution >= 4 is 23.4 Å². The maximum atomic E-state index is 12.3. The van der Waals surface area contributed by atoms with E-state index in [1.807, 2.05) is 18.2 Å². The Bertz CT molecular complexity index is 833. The standard InChI is InChI=1S/C19H19ClF2N2O4/c1-27-16-10-13(5-6-15(16)28-19(21)22)18(26)24-11-17(25)23-8-7-12-3-2-4-14(20)9-12/h2-6,9-10,19H,7-8,11H2,1H3,(H,23,25)(H,24,26). The van der Waals surface area contributed by atoms with E-state index in [9.17, 15) is 18.4 Å². The smallest absolute Gasteiger partial charge is 0.387 e. The van der Waals surface area contributed by atoms with Crippen LogP contribution in [0.5, 0.6) is 11.5 Å². The van der Waals surface area contributed by atoms with Crippen molar-refractivity contribution in [1.29, 1.82) is 0 Å². The highest BCUT2D eigenvalue weighted by molar-refractivity contribution is 6.30. The molecular formula is C19H19ClF2N2O4. The molecule has 0 saturated heterocycles. The Morgan fingerprint density at radius 3 is 2.57 bits per heavy atom. The van der Waals surface area contributed by atoms with Gasteiger partial charge in [-0.3, -0.25) is 9.59 Å². The Hall–Kier alpha value is -2.87. The second kappa shape index (κ2) is 10.5. The second-order valence-electron chi connectivity index (χ2n) is 5.66. The molecule has 0 spiro atoms. The molecule has 0 atom stereocenters. The van der Waals surface area contributed by atoms with Crippen LogP contribution in [0.25, 0.3) is 0 Å². The third-order valence-corrected chi connectivity index (χ3v) is 3.91. The predicted octanol–water partition coefficient (Wildman–Crippen LogP) is 3.04. The van der Waals surface area contributed by atoms with E-state index in [2.05, 4.69) is 15.4 Å². The van der Waals surface area contributed by atoms with Gasteiger partial charge in [0.05, 0.1) is 13.7 Å². The first-order chi connectivity index (χ1) is 13.4. The van der Waals surface area contributed by atoms with E-state index in [1.54, 1.807) is 6.07 Å². The highest BCUT2D eigenvalue weighted by Gasteiger charge is 2.14. The average Bonchev–Trinajstić information content (AvgIpc) is 2.66. The summed E-state index contributed by atoms with van der Waals surface area (Å²) in [6, 6.07) is 11.0. The first kappa shape index (κ1) is 21.4. The lowest BCUT2D eigenvalue weighted by Crippen LogP contribution is -2.37. The molecule has 2 rings (SSSR count). The number of amides is 2. The molecule has 2 amide bonds. The lowest BCUT2D eigenvalue weighted by Gasteiger charge is -2.11. The van der Waals surface area contributed by atoms with Crippen LogP contribution in [-0.2, 0) is 11.2 Å². The van der Waals surface area contributed by atoms with Crippen LogP contribution in [0, 0.1) is 0 Å². The number of rotatable bonds is 9. The van der Waals surface area contributed by atoms with Crippen molar-refractivity contribution in [3.63, 3.8) is 0 Å². The van der Waals surface area contributed by atoms with Gasteiger partial charge in [0.25, 0.3) is 5.91 Å². The van der Waals surface area contributed by atoms with Crippen LogP contribution in [0.3, 0.4) is 0 Å². The summed E-state index contributed by atoms with van der Waals surface area (Å²) in [7, 11) is 1.27. The molecule has 0 bridgehead atoms. The number of methoxy groups -OCH3 is 1. The molecule has 0 aliphatic heterocycles. The minimum atomic E-state index is -3.01. The SMILES string of the molecule is COc1cc(C(=O)NCC(=O)NCCc2cccc(Cl)c2)ccc1OC(F)F. The molecule has 0 aromatic heterocycles. The zero-order chi connectivity index (χ0) is 20.5. The lowest BCUT2D eigenvalue weighted by molar-refractivity contribution is -0.120. The predicted molar refractivity (Wildman–Crippen MR) is 100 cm³/mol. The van der Waals surface area contributed by atoms with Gasteiger partial charge in [-0.25, -0.2) is 0 Å². The molecule has 2 N–H and O–H groups in total. The summed E-state index contributed by atoms with van der Waals surface area (Å²) in [4.78, 5) is 24.0. The Labute approximate surface area is 165 Å². The number of halogens is 3. The molecule has 9 heteroatoms. The van der Waals surface area contributed by atoms with Crippen molar-refractivity contribution in [2.75, 3.05) is 20.2 Å². The fourth-order valence-corrected chi connectivity index (χ4v) is 2.58. The van der Waals surface area contributed by atoms with Crippen molar-refractivity contribution < 1.29 is 27.8 Å². The Morgan fingerprint density at radius 1 is 1.11 bits per heavy atom. The van der Waals surface area contributed by atoms with Crippen molar-refractivity contribution in [2.24, 2.45) is 0 Å². The molecule has 0 aliphatic carbocycles. The average molecular weight is 413 g/mol. The van der Waals surface area contributed by atoms with Gasteiger partial charge < -0.3 is 20.1 Å². The minimum Gasteiger partial charge on any atom is -0.493 e. The van der Waals surface area contributed by atoms with Gasteiger partial charge in [-0.05, 0) is 42.3 Å². The van der Waals surface area contributed by atoms with Crippen molar-refractivity contribution in [1.82, 2.24) is 10.6 Å². The van der Waals surface area contributed by atoms with Crippen molar-refractivity contribution in [3.8, 4) is 11.5 Å². The van der Waals surface area contributed by atoms with Gasteiger partial charge in [0.15, 0.2) is 11.5 Å². The van der Waals surface area contributed by atoms with Gasteiger partial charge in [-0.1, -0.05) is 23.7 Å². The van der Waals surface area contributed by atoms with Crippen LogP contribution in [0.1, 0.15) is 15.9 Å². The summed E-state index contributed by atoms with van der Waals surface area (Å²) < 4.78 is 33.9. The van der Waals surface area contributed by atoms with Crippen LogP contribution in [0.15, 0.2) is 42.5 Å². The number of nitrogens with one attached hydrogen (secondary N) is 2. The lowest BCUT2D eigenvalue weighted by atomic mass is 10.1. The molecule has 0 aliphatic rings. The highest BCUT2D eigenvalue weighted by Crippen LogP contribution is 2.29. The van der Waals surface area contributed by atoms with Gasteiger partial charge in [0, 0.05) is 17.1 Å². The quantitative estimate of drug-likeness (QED) is 0.663. The molecule has 2 aromatic carbocycles. The van der Waals surface area contributed by atoms with Crippen LogP contribution in [-0.4, -0.2) is 38.6 Å². The Balaban J connectivity index is 1.81. The van der Waals surface area contributed by atoms with E-state index < -0.39 is 12.5 Å². The molecule has 2 aromatic rings. The summed E-state index contributed by atoms with van der Waals surface area (Å²) in [5, 5.41) is 5.76. The molecular weight excluding hydrogens is 394 g/mol. The summed E-state index contributed by atoms with van der Waals surface area (Å²) in [6.07, 6.45) is 0.600. The van der Waals surface area contributed by atoms with E-state index in [1.165, 1.54) is 25.3 Å². The maximum absolute atomic E-state index is 12.3. The monoisotopic (exact) mass is 412 g/mol. The zero-order valence-electron chi connectivity index (χ0n) is 15.0. The first-order valence-electron chi connectivity index (χ1n) is 8.31. The van der Waals surface area contributed by atoms with Gasteiger partial charge in [0.2, 0.25) is 5.91 Å². The second-order valence-corrected chi connectivity index (χ2v) is 6.09. The Morgan fingerprint density at radius 2 is 1.89 bits per heavy atom. The normalized spacial score (nSPS) is 10.5. The third-order valence-electron chi connectivity index (χ3n) is 3.68. The van der Waals surface area contributed by atoms with E-state index in [0.717, 1.165) is 5.56 Å². The minimum absolute atomic E-state index is 0.0149. The number of carbonyl (C=O) groups excluding carboxylic acids is 2. The number of carbonyl (C=O) groups is 2. The zero-order valence-corrected chi connectivity index (χ0v) is 15.8. The number of hydrogen-bond donors (Lipinski definition) is 2. The summed E-state index contributed by atoms with van der Waals surface area (Å²) in [6.45, 7) is -2.85. The molecule has 0 saturated carbocycles. The van der Waals surface area contributed by atoms with E-state index in [0.29, 0.717) is 18.0 Å². The summed E-state index contributed by atoms with van der Waals surface area (Å²) in [5.74, 6) is -1.11. The Kier molecular flexibility index (Phi) is 8.01. The van der Waals surface area contributed by atoms with E-state index in [4.69, 9.17) is 16.3 Å². The van der Waals surface area contributed by atoms with Gasteiger partial charge in [0.1, 0.15) is 0 Å². The van der Waals surface area contributed by atoms with Crippen molar-refractivity contribution in [2.45, 2.75) is 13.0 Å². The summed E-state index contributed by atoms with van der Waals surface area (Å²) >= 11 is 5.90. The molecule has 28 heavy (non-hydrogen) atoms.